The van der Waals surface area contributed by atoms with Crippen LogP contribution in [-0.4, -0.2) is 43.2 Å². The molecule has 1 N–H and O–H groups in total. The van der Waals surface area contributed by atoms with Gasteiger partial charge in [0.05, 0.1) is 24.3 Å². The highest BCUT2D eigenvalue weighted by Gasteiger charge is 2.32. The minimum Gasteiger partial charge on any atom is -0.456 e. The van der Waals surface area contributed by atoms with E-state index in [9.17, 15) is 18.0 Å². The molecule has 1 aliphatic heterocycles. The maximum absolute atomic E-state index is 12.7. The lowest BCUT2D eigenvalue weighted by Gasteiger charge is -2.20. The number of amides is 1. The number of hydrogen-bond donors (Lipinski definition) is 1. The summed E-state index contributed by atoms with van der Waals surface area (Å²) >= 11 is 0. The van der Waals surface area contributed by atoms with Gasteiger partial charge in [-0.2, -0.15) is 18.4 Å². The van der Waals surface area contributed by atoms with Gasteiger partial charge in [0.15, 0.2) is 0 Å². The number of nitriles is 1. The molecule has 10 heteroatoms. The third kappa shape index (κ3) is 7.08. The lowest BCUT2D eigenvalue weighted by Crippen LogP contribution is -2.39. The van der Waals surface area contributed by atoms with Crippen molar-refractivity contribution in [1.29, 1.82) is 5.26 Å². The molecule has 0 radical (unpaired) electrons. The third-order valence-corrected chi connectivity index (χ3v) is 5.00. The normalized spacial score (nSPS) is 16.4. The average molecular weight is 462 g/mol. The van der Waals surface area contributed by atoms with E-state index in [1.807, 2.05) is 6.07 Å². The second kappa shape index (κ2) is 10.1. The van der Waals surface area contributed by atoms with Gasteiger partial charge in [0, 0.05) is 30.9 Å². The number of aromatic nitrogens is 1. The number of anilines is 1. The van der Waals surface area contributed by atoms with E-state index in [0.29, 0.717) is 12.3 Å². The van der Waals surface area contributed by atoms with Crippen LogP contribution in [0.4, 0.5) is 18.9 Å². The number of alkyl halides is 3. The van der Waals surface area contributed by atoms with Gasteiger partial charge >= 0.3 is 6.18 Å². The number of rotatable bonds is 8. The van der Waals surface area contributed by atoms with Crippen molar-refractivity contribution in [2.75, 3.05) is 31.2 Å². The molecule has 1 aliphatic rings. The molecule has 2 aromatic rings. The minimum atomic E-state index is -4.50. The van der Waals surface area contributed by atoms with Gasteiger partial charge in [-0.05, 0) is 44.5 Å². The van der Waals surface area contributed by atoms with Gasteiger partial charge in [0.25, 0.3) is 0 Å². The van der Waals surface area contributed by atoms with Gasteiger partial charge in [-0.15, -0.1) is 0 Å². The highest BCUT2D eigenvalue weighted by atomic mass is 19.4. The van der Waals surface area contributed by atoms with Crippen LogP contribution in [-0.2, 0) is 15.7 Å². The van der Waals surface area contributed by atoms with Crippen LogP contribution in [0.2, 0.25) is 0 Å². The van der Waals surface area contributed by atoms with Crippen LogP contribution in [0.15, 0.2) is 42.6 Å². The van der Waals surface area contributed by atoms with E-state index in [-0.39, 0.29) is 30.9 Å². The van der Waals surface area contributed by atoms with Crippen LogP contribution in [0.1, 0.15) is 26.0 Å². The molecule has 176 valence electrons. The fourth-order valence-electron chi connectivity index (χ4n) is 3.30. The van der Waals surface area contributed by atoms with Crippen molar-refractivity contribution >= 4 is 11.6 Å². The molecule has 1 atom stereocenters. The zero-order valence-corrected chi connectivity index (χ0v) is 18.4. The number of carbonyl (C=O) groups excluding carboxylic acids is 1. The van der Waals surface area contributed by atoms with Crippen LogP contribution in [0.5, 0.6) is 11.5 Å². The van der Waals surface area contributed by atoms with Gasteiger partial charge in [-0.1, -0.05) is 6.07 Å². The van der Waals surface area contributed by atoms with E-state index >= 15 is 0 Å². The number of hydrogen-bond acceptors (Lipinski definition) is 6. The molecule has 3 rings (SSSR count). The summed E-state index contributed by atoms with van der Waals surface area (Å²) in [7, 11) is 0. The number of nitrogens with zero attached hydrogens (tertiary/aromatic N) is 3. The first-order chi connectivity index (χ1) is 15.6. The van der Waals surface area contributed by atoms with Crippen LogP contribution >= 0.6 is 0 Å². The van der Waals surface area contributed by atoms with E-state index in [2.05, 4.69) is 21.3 Å². The zero-order chi connectivity index (χ0) is 24.1. The fourth-order valence-corrected chi connectivity index (χ4v) is 3.30. The van der Waals surface area contributed by atoms with Gasteiger partial charge in [-0.25, -0.2) is 4.98 Å². The summed E-state index contributed by atoms with van der Waals surface area (Å²) in [6.45, 7) is 4.87. The summed E-state index contributed by atoms with van der Waals surface area (Å²) < 4.78 is 48.9. The summed E-state index contributed by atoms with van der Waals surface area (Å²) in [5.41, 5.74) is -0.752. The number of carbonyl (C=O) groups is 1. The summed E-state index contributed by atoms with van der Waals surface area (Å²) in [4.78, 5) is 17.6. The Kier molecular flexibility index (Phi) is 7.43. The van der Waals surface area contributed by atoms with E-state index < -0.39 is 17.3 Å². The molecule has 2 heterocycles. The van der Waals surface area contributed by atoms with Gasteiger partial charge < -0.3 is 19.7 Å². The molecule has 0 saturated carbocycles. The average Bonchev–Trinajstić information content (AvgIpc) is 3.22. The topological polar surface area (TPSA) is 87.5 Å². The Morgan fingerprint density at radius 1 is 1.27 bits per heavy atom. The molecule has 1 amide bonds. The molecule has 0 aliphatic carbocycles. The van der Waals surface area contributed by atoms with Crippen LogP contribution < -0.4 is 15.0 Å². The van der Waals surface area contributed by atoms with Gasteiger partial charge in [-0.3, -0.25) is 4.79 Å². The molecular formula is C23H25F3N4O3. The summed E-state index contributed by atoms with van der Waals surface area (Å²) in [5.74, 6) is 0.434. The highest BCUT2D eigenvalue weighted by Crippen LogP contribution is 2.31. The SMILES string of the molecule is CC(C)(C#N)COCC(=O)N[C@H]1CCN(c2cccc(Oc3ccc(C(F)(F)F)nc3)c2)C1. The molecule has 1 saturated heterocycles. The van der Waals surface area contributed by atoms with Gasteiger partial charge in [0.2, 0.25) is 5.91 Å². The van der Waals surface area contributed by atoms with Crippen molar-refractivity contribution in [1.82, 2.24) is 10.3 Å². The number of ether oxygens (including phenoxy) is 2. The van der Waals surface area contributed by atoms with Crippen molar-refractivity contribution in [3.05, 3.63) is 48.3 Å². The Bertz CT molecular complexity index is 1000. The van der Waals surface area contributed by atoms with E-state index in [1.165, 1.54) is 6.07 Å². The highest BCUT2D eigenvalue weighted by molar-refractivity contribution is 5.77. The number of nitrogens with one attached hydrogen (secondary N) is 1. The van der Waals surface area contributed by atoms with E-state index in [4.69, 9.17) is 14.7 Å². The van der Waals surface area contributed by atoms with Crippen molar-refractivity contribution in [3.8, 4) is 17.6 Å². The third-order valence-electron chi connectivity index (χ3n) is 5.00. The molecule has 1 fully saturated rings. The van der Waals surface area contributed by atoms with Crippen LogP contribution in [0.25, 0.3) is 0 Å². The molecule has 7 nitrogen and oxygen atoms in total. The Morgan fingerprint density at radius 2 is 2.06 bits per heavy atom. The predicted octanol–water partition coefficient (Wildman–Crippen LogP) is 4.15. The molecule has 1 aromatic carbocycles. The maximum atomic E-state index is 12.7. The number of pyridine rings is 1. The summed E-state index contributed by atoms with van der Waals surface area (Å²) in [6, 6.07) is 11.3. The largest absolute Gasteiger partial charge is 0.456 e. The quantitative estimate of drug-likeness (QED) is 0.634. The molecule has 0 spiro atoms. The molecule has 1 aromatic heterocycles. The Hall–Kier alpha value is -3.32. The fraction of sp³-hybridized carbons (Fsp3) is 0.435. The maximum Gasteiger partial charge on any atom is 0.433 e. The second-order valence-corrected chi connectivity index (χ2v) is 8.46. The Balaban J connectivity index is 1.52. The Labute approximate surface area is 190 Å². The van der Waals surface area contributed by atoms with Crippen molar-refractivity contribution in [2.24, 2.45) is 5.41 Å². The second-order valence-electron chi connectivity index (χ2n) is 8.46. The van der Waals surface area contributed by atoms with Crippen molar-refractivity contribution in [2.45, 2.75) is 32.5 Å². The Morgan fingerprint density at radius 3 is 2.73 bits per heavy atom. The smallest absolute Gasteiger partial charge is 0.433 e. The van der Waals surface area contributed by atoms with Gasteiger partial charge in [0.1, 0.15) is 23.8 Å². The summed E-state index contributed by atoms with van der Waals surface area (Å²) in [6.07, 6.45) is -2.71. The molecule has 33 heavy (non-hydrogen) atoms. The van der Waals surface area contributed by atoms with Crippen LogP contribution in [0, 0.1) is 16.7 Å². The predicted molar refractivity (Wildman–Crippen MR) is 115 cm³/mol. The molecule has 0 bridgehead atoms. The van der Waals surface area contributed by atoms with Crippen LogP contribution in [0.3, 0.4) is 0 Å². The lowest BCUT2D eigenvalue weighted by atomic mass is 9.98. The first-order valence-electron chi connectivity index (χ1n) is 10.4. The lowest BCUT2D eigenvalue weighted by molar-refractivity contribution is -0.141. The first-order valence-corrected chi connectivity index (χ1v) is 10.4. The van der Waals surface area contributed by atoms with Crippen molar-refractivity contribution in [3.63, 3.8) is 0 Å². The monoisotopic (exact) mass is 462 g/mol. The van der Waals surface area contributed by atoms with E-state index in [0.717, 1.165) is 30.9 Å². The van der Waals surface area contributed by atoms with E-state index in [1.54, 1.807) is 32.0 Å². The zero-order valence-electron chi connectivity index (χ0n) is 18.4. The summed E-state index contributed by atoms with van der Waals surface area (Å²) in [5, 5.41) is 11.9. The van der Waals surface area contributed by atoms with Crippen molar-refractivity contribution < 1.29 is 27.4 Å². The standard InChI is InChI=1S/C23H25F3N4O3/c1-22(2,14-27)15-32-13-21(31)29-16-8-9-30(12-16)17-4-3-5-18(10-17)33-19-6-7-20(28-11-19)23(24,25)26/h3-7,10-11,16H,8-9,12-13,15H2,1-2H3,(H,29,31)/t16-/m0/s1. The minimum absolute atomic E-state index is 0.0474. The number of halogens is 3. The number of benzene rings is 1. The first kappa shape index (κ1) is 24.3. The molecular weight excluding hydrogens is 437 g/mol. The molecule has 0 unspecified atom stereocenters.